The van der Waals surface area contributed by atoms with Gasteiger partial charge in [-0.2, -0.15) is 0 Å². The summed E-state index contributed by atoms with van der Waals surface area (Å²) in [5, 5.41) is 1.07. The van der Waals surface area contributed by atoms with Gasteiger partial charge in [-0.05, 0) is 30.9 Å². The highest BCUT2D eigenvalue weighted by atomic mass is 79.9. The van der Waals surface area contributed by atoms with Crippen molar-refractivity contribution in [3.05, 3.63) is 71.3 Å². The van der Waals surface area contributed by atoms with Gasteiger partial charge < -0.3 is 0 Å². The molecule has 2 rings (SSSR count). The van der Waals surface area contributed by atoms with Gasteiger partial charge in [0.15, 0.2) is 0 Å². The molecule has 0 saturated carbocycles. The number of hydrogen-bond acceptors (Lipinski definition) is 0. The van der Waals surface area contributed by atoms with E-state index in [1.807, 2.05) is 0 Å². The summed E-state index contributed by atoms with van der Waals surface area (Å²) in [5.74, 6) is 0.517. The molecule has 0 aliphatic rings. The maximum atomic E-state index is 3.54. The lowest BCUT2D eigenvalue weighted by molar-refractivity contribution is 0.705. The summed E-state index contributed by atoms with van der Waals surface area (Å²) < 4.78 is 0. The molecule has 0 heterocycles. The minimum Gasteiger partial charge on any atom is -0.0928 e. The Kier molecular flexibility index (Phi) is 5.00. The van der Waals surface area contributed by atoms with Crippen LogP contribution in [0.1, 0.15) is 35.4 Å². The molecule has 0 nitrogen and oxygen atoms in total. The van der Waals surface area contributed by atoms with Gasteiger partial charge in [-0.15, -0.1) is 0 Å². The third-order valence-electron chi connectivity index (χ3n) is 3.27. The molecular formula is C17H19Br. The lowest BCUT2D eigenvalue weighted by atomic mass is 9.87. The van der Waals surface area contributed by atoms with Crippen LogP contribution in [0.4, 0.5) is 0 Å². The molecule has 0 bridgehead atoms. The Balaban J connectivity index is 2.31. The van der Waals surface area contributed by atoms with Crippen molar-refractivity contribution in [1.29, 1.82) is 0 Å². The maximum absolute atomic E-state index is 3.54. The second kappa shape index (κ2) is 6.75. The van der Waals surface area contributed by atoms with Crippen LogP contribution in [0.2, 0.25) is 0 Å². The zero-order valence-corrected chi connectivity index (χ0v) is 12.4. The maximum Gasteiger partial charge on any atom is 0.00897 e. The Morgan fingerprint density at radius 1 is 0.944 bits per heavy atom. The zero-order valence-electron chi connectivity index (χ0n) is 10.8. The van der Waals surface area contributed by atoms with Crippen molar-refractivity contribution in [2.45, 2.75) is 25.7 Å². The van der Waals surface area contributed by atoms with Crippen LogP contribution in [-0.2, 0) is 0 Å². The van der Waals surface area contributed by atoms with Crippen molar-refractivity contribution < 1.29 is 0 Å². The number of benzene rings is 2. The van der Waals surface area contributed by atoms with Crippen molar-refractivity contribution >= 4 is 15.9 Å². The van der Waals surface area contributed by atoms with E-state index in [0.29, 0.717) is 5.92 Å². The fourth-order valence-corrected chi connectivity index (χ4v) is 2.70. The first-order valence-corrected chi connectivity index (χ1v) is 7.61. The van der Waals surface area contributed by atoms with Crippen LogP contribution in [0.5, 0.6) is 0 Å². The number of aryl methyl sites for hydroxylation is 1. The molecule has 1 heteroatoms. The molecule has 2 aromatic rings. The van der Waals surface area contributed by atoms with E-state index in [1.54, 1.807) is 0 Å². The van der Waals surface area contributed by atoms with Gasteiger partial charge in [0.2, 0.25) is 0 Å². The van der Waals surface area contributed by atoms with Crippen LogP contribution < -0.4 is 0 Å². The highest BCUT2D eigenvalue weighted by Crippen LogP contribution is 2.29. The average molecular weight is 303 g/mol. The van der Waals surface area contributed by atoms with Crippen molar-refractivity contribution in [1.82, 2.24) is 0 Å². The summed E-state index contributed by atoms with van der Waals surface area (Å²) in [4.78, 5) is 0. The molecule has 18 heavy (non-hydrogen) atoms. The van der Waals surface area contributed by atoms with Gasteiger partial charge in [0, 0.05) is 11.2 Å². The second-order valence-electron chi connectivity index (χ2n) is 4.71. The highest BCUT2D eigenvalue weighted by molar-refractivity contribution is 9.09. The quantitative estimate of drug-likeness (QED) is 0.657. The smallest absolute Gasteiger partial charge is 0.00897 e. The van der Waals surface area contributed by atoms with E-state index in [0.717, 1.165) is 5.33 Å². The second-order valence-corrected chi connectivity index (χ2v) is 5.50. The number of rotatable bonds is 5. The molecule has 2 aromatic carbocycles. The fourth-order valence-electron chi connectivity index (χ4n) is 2.38. The molecule has 0 spiro atoms. The van der Waals surface area contributed by atoms with E-state index in [1.165, 1.54) is 29.5 Å². The van der Waals surface area contributed by atoms with E-state index in [9.17, 15) is 0 Å². The van der Waals surface area contributed by atoms with Crippen molar-refractivity contribution in [3.63, 3.8) is 0 Å². The van der Waals surface area contributed by atoms with Crippen molar-refractivity contribution in [2.24, 2.45) is 0 Å². The predicted octanol–water partition coefficient (Wildman–Crippen LogP) is 5.30. The predicted molar refractivity (Wildman–Crippen MR) is 82.5 cm³/mol. The number of hydrogen-bond donors (Lipinski definition) is 0. The summed E-state index contributed by atoms with van der Waals surface area (Å²) >= 11 is 3.54. The highest BCUT2D eigenvalue weighted by Gasteiger charge is 2.13. The summed E-state index contributed by atoms with van der Waals surface area (Å²) in [6, 6.07) is 19.7. The molecule has 0 amide bonds. The van der Waals surface area contributed by atoms with E-state index >= 15 is 0 Å². The first-order valence-electron chi connectivity index (χ1n) is 6.48. The van der Waals surface area contributed by atoms with E-state index < -0.39 is 0 Å². The molecule has 0 radical (unpaired) electrons. The number of alkyl halides is 1. The Morgan fingerprint density at radius 3 is 2.33 bits per heavy atom. The third kappa shape index (κ3) is 3.46. The molecule has 1 atom stereocenters. The molecule has 0 saturated heterocycles. The van der Waals surface area contributed by atoms with Gasteiger partial charge >= 0.3 is 0 Å². The molecule has 1 unspecified atom stereocenters. The molecule has 0 fully saturated rings. The topological polar surface area (TPSA) is 0 Å². The van der Waals surface area contributed by atoms with Gasteiger partial charge in [-0.1, -0.05) is 76.1 Å². The SMILES string of the molecule is Cc1cccc(C(CCCBr)c2ccccc2)c1. The molecule has 0 aliphatic heterocycles. The van der Waals surface area contributed by atoms with Crippen molar-refractivity contribution in [3.8, 4) is 0 Å². The van der Waals surface area contributed by atoms with Crippen LogP contribution in [-0.4, -0.2) is 5.33 Å². The number of halogens is 1. The van der Waals surface area contributed by atoms with E-state index in [-0.39, 0.29) is 0 Å². The fraction of sp³-hybridized carbons (Fsp3) is 0.294. The van der Waals surface area contributed by atoms with Crippen LogP contribution in [0.25, 0.3) is 0 Å². The molecular weight excluding hydrogens is 284 g/mol. The van der Waals surface area contributed by atoms with E-state index in [2.05, 4.69) is 77.5 Å². The van der Waals surface area contributed by atoms with Crippen LogP contribution >= 0.6 is 15.9 Å². The van der Waals surface area contributed by atoms with Crippen LogP contribution in [0.3, 0.4) is 0 Å². The summed E-state index contributed by atoms with van der Waals surface area (Å²) in [7, 11) is 0. The third-order valence-corrected chi connectivity index (χ3v) is 3.83. The summed E-state index contributed by atoms with van der Waals surface area (Å²) in [6.07, 6.45) is 2.40. The standard InChI is InChI=1S/C17H19Br/c1-14-7-5-10-16(13-14)17(11-6-12-18)15-8-3-2-4-9-15/h2-5,7-10,13,17H,6,11-12H2,1H3. The monoisotopic (exact) mass is 302 g/mol. The van der Waals surface area contributed by atoms with E-state index in [4.69, 9.17) is 0 Å². The normalized spacial score (nSPS) is 12.3. The Labute approximate surface area is 118 Å². The van der Waals surface area contributed by atoms with Gasteiger partial charge in [-0.25, -0.2) is 0 Å². The lowest BCUT2D eigenvalue weighted by Crippen LogP contribution is -2.02. The van der Waals surface area contributed by atoms with Gasteiger partial charge in [0.25, 0.3) is 0 Å². The molecule has 94 valence electrons. The van der Waals surface area contributed by atoms with Crippen molar-refractivity contribution in [2.75, 3.05) is 5.33 Å². The minimum atomic E-state index is 0.517. The average Bonchev–Trinajstić information content (AvgIpc) is 2.40. The molecule has 0 aliphatic carbocycles. The minimum absolute atomic E-state index is 0.517. The van der Waals surface area contributed by atoms with Crippen LogP contribution in [0, 0.1) is 6.92 Å². The first kappa shape index (κ1) is 13.4. The molecule has 0 aromatic heterocycles. The van der Waals surface area contributed by atoms with Gasteiger partial charge in [0.1, 0.15) is 0 Å². The largest absolute Gasteiger partial charge is 0.0928 e. The molecule has 0 N–H and O–H groups in total. The van der Waals surface area contributed by atoms with Crippen LogP contribution in [0.15, 0.2) is 54.6 Å². The summed E-state index contributed by atoms with van der Waals surface area (Å²) in [6.45, 7) is 2.16. The van der Waals surface area contributed by atoms with Gasteiger partial charge in [-0.3, -0.25) is 0 Å². The summed E-state index contributed by atoms with van der Waals surface area (Å²) in [5.41, 5.74) is 4.19. The van der Waals surface area contributed by atoms with Gasteiger partial charge in [0.05, 0.1) is 0 Å². The Bertz CT molecular complexity index is 476. The Hall–Kier alpha value is -1.08. The first-order chi connectivity index (χ1) is 8.81. The Morgan fingerprint density at radius 2 is 1.67 bits per heavy atom. The zero-order chi connectivity index (χ0) is 12.8. The lowest BCUT2D eigenvalue weighted by Gasteiger charge is -2.18.